The van der Waals surface area contributed by atoms with Crippen LogP contribution < -0.4 is 5.73 Å². The molecule has 0 amide bonds. The molecule has 1 unspecified atom stereocenters. The Morgan fingerprint density at radius 1 is 1.48 bits per heavy atom. The smallest absolute Gasteiger partial charge is 0.332 e. The van der Waals surface area contributed by atoms with E-state index in [-0.39, 0.29) is 12.1 Å². The lowest BCUT2D eigenvalue weighted by Crippen LogP contribution is -2.25. The van der Waals surface area contributed by atoms with Crippen LogP contribution >= 0.6 is 0 Å². The summed E-state index contributed by atoms with van der Waals surface area (Å²) in [5, 5.41) is 8.87. The number of carboxylic acids is 1. The maximum absolute atomic E-state index is 10.8. The first-order valence-corrected chi connectivity index (χ1v) is 6.56. The van der Waals surface area contributed by atoms with E-state index in [1.807, 2.05) is 16.7 Å². The van der Waals surface area contributed by atoms with Crippen molar-refractivity contribution in [3.8, 4) is 0 Å². The lowest BCUT2D eigenvalue weighted by Gasteiger charge is -2.16. The molecule has 8 heteroatoms. The number of ether oxygens (including phenoxy) is 1. The highest BCUT2D eigenvalue weighted by Crippen LogP contribution is 2.29. The third kappa shape index (κ3) is 2.45. The number of carbonyl (C=O) groups is 1. The lowest BCUT2D eigenvalue weighted by atomic mass is 10.2. The van der Waals surface area contributed by atoms with Crippen LogP contribution in [0.15, 0.2) is 24.8 Å². The fourth-order valence-corrected chi connectivity index (χ4v) is 2.39. The summed E-state index contributed by atoms with van der Waals surface area (Å²) in [5.74, 6) is -0.631. The first-order valence-electron chi connectivity index (χ1n) is 6.56. The topological polar surface area (TPSA) is 116 Å². The maximum Gasteiger partial charge on any atom is 0.332 e. The molecule has 1 aliphatic carbocycles. The van der Waals surface area contributed by atoms with Crippen LogP contribution in [0.1, 0.15) is 19.4 Å². The number of rotatable bonds is 4. The van der Waals surface area contributed by atoms with E-state index in [9.17, 15) is 4.79 Å². The number of aromatic nitrogens is 4. The van der Waals surface area contributed by atoms with Crippen LogP contribution in [0.3, 0.4) is 0 Å². The highest BCUT2D eigenvalue weighted by atomic mass is 16.5. The van der Waals surface area contributed by atoms with E-state index < -0.39 is 12.1 Å². The Balaban J connectivity index is 1.78. The zero-order valence-corrected chi connectivity index (χ0v) is 11.4. The van der Waals surface area contributed by atoms with Crippen LogP contribution in [0, 0.1) is 0 Å². The number of allylic oxidation sites excluding steroid dienone is 1. The average molecular weight is 289 g/mol. The highest BCUT2D eigenvalue weighted by Gasteiger charge is 2.26. The van der Waals surface area contributed by atoms with Crippen LogP contribution in [-0.2, 0) is 9.53 Å². The third-order valence-corrected chi connectivity index (χ3v) is 3.49. The quantitative estimate of drug-likeness (QED) is 0.798. The van der Waals surface area contributed by atoms with Gasteiger partial charge in [-0.15, -0.1) is 0 Å². The largest absolute Gasteiger partial charge is 0.479 e. The van der Waals surface area contributed by atoms with Crippen LogP contribution in [-0.4, -0.2) is 42.8 Å². The Labute approximate surface area is 120 Å². The normalized spacial score (nSPS) is 22.7. The molecule has 8 nitrogen and oxygen atoms in total. The van der Waals surface area contributed by atoms with Crippen molar-refractivity contribution in [1.82, 2.24) is 19.5 Å². The summed E-state index contributed by atoms with van der Waals surface area (Å²) in [7, 11) is 0. The molecule has 0 saturated carbocycles. The predicted molar refractivity (Wildman–Crippen MR) is 74.5 cm³/mol. The molecule has 0 fully saturated rings. The van der Waals surface area contributed by atoms with Crippen LogP contribution in [0.4, 0.5) is 5.82 Å². The summed E-state index contributed by atoms with van der Waals surface area (Å²) in [6.07, 6.45) is 6.43. The van der Waals surface area contributed by atoms with Gasteiger partial charge in [-0.2, -0.15) is 0 Å². The second kappa shape index (κ2) is 5.13. The molecule has 3 rings (SSSR count). The number of anilines is 1. The SMILES string of the molecule is CC(O[C@@H]1C=C[C@@H](n2cnc3c(N)ncnc32)C1)C(=O)O. The Kier molecular flexibility index (Phi) is 3.30. The second-order valence-corrected chi connectivity index (χ2v) is 4.93. The minimum atomic E-state index is -0.972. The van der Waals surface area contributed by atoms with Crippen molar-refractivity contribution in [1.29, 1.82) is 0 Å². The number of hydrogen-bond acceptors (Lipinski definition) is 6. The number of imidazole rings is 1. The molecule has 0 saturated heterocycles. The molecular weight excluding hydrogens is 274 g/mol. The molecule has 2 heterocycles. The van der Waals surface area contributed by atoms with Crippen LogP contribution in [0.5, 0.6) is 0 Å². The molecule has 21 heavy (non-hydrogen) atoms. The zero-order valence-electron chi connectivity index (χ0n) is 11.4. The standard InChI is InChI=1S/C13H15N5O3/c1-7(13(19)20)21-9-3-2-8(4-9)18-6-17-10-11(14)15-5-16-12(10)18/h2-3,5-9H,4H2,1H3,(H,19,20)(H2,14,15,16)/t7?,8-,9-/m1/s1. The van der Waals surface area contributed by atoms with Gasteiger partial charge in [0.25, 0.3) is 0 Å². The molecule has 0 aromatic carbocycles. The summed E-state index contributed by atoms with van der Waals surface area (Å²) in [4.78, 5) is 23.1. The first-order chi connectivity index (χ1) is 10.1. The van der Waals surface area contributed by atoms with Crippen molar-refractivity contribution >= 4 is 23.0 Å². The number of nitrogen functional groups attached to an aromatic ring is 1. The first kappa shape index (κ1) is 13.5. The van der Waals surface area contributed by atoms with Crippen molar-refractivity contribution in [2.75, 3.05) is 5.73 Å². The average Bonchev–Trinajstić information content (AvgIpc) is 3.05. The third-order valence-electron chi connectivity index (χ3n) is 3.49. The monoisotopic (exact) mass is 289 g/mol. The van der Waals surface area contributed by atoms with Crippen molar-refractivity contribution < 1.29 is 14.6 Å². The van der Waals surface area contributed by atoms with Gasteiger partial charge in [-0.3, -0.25) is 0 Å². The molecular formula is C13H15N5O3. The van der Waals surface area contributed by atoms with Gasteiger partial charge in [0.2, 0.25) is 0 Å². The minimum absolute atomic E-state index is 0.00953. The van der Waals surface area contributed by atoms with E-state index in [4.69, 9.17) is 15.6 Å². The van der Waals surface area contributed by atoms with Gasteiger partial charge in [-0.05, 0) is 6.92 Å². The fourth-order valence-electron chi connectivity index (χ4n) is 2.39. The molecule has 0 radical (unpaired) electrons. The molecule has 2 aromatic heterocycles. The van der Waals surface area contributed by atoms with Gasteiger partial charge in [0, 0.05) is 6.42 Å². The van der Waals surface area contributed by atoms with Crippen molar-refractivity contribution in [2.45, 2.75) is 31.6 Å². The Hall–Kier alpha value is -2.48. The number of nitrogens with two attached hydrogens (primary N) is 1. The molecule has 0 spiro atoms. The van der Waals surface area contributed by atoms with Gasteiger partial charge < -0.3 is 20.1 Å². The Bertz CT molecular complexity index is 711. The number of hydrogen-bond donors (Lipinski definition) is 2. The molecule has 1 aliphatic rings. The molecule has 3 N–H and O–H groups in total. The predicted octanol–water partition coefficient (Wildman–Crippen LogP) is 0.768. The molecule has 2 aromatic rings. The van der Waals surface area contributed by atoms with Crippen molar-refractivity contribution in [3.05, 3.63) is 24.8 Å². The van der Waals surface area contributed by atoms with Gasteiger partial charge >= 0.3 is 5.97 Å². The number of carboxylic acid groups (broad SMARTS) is 1. The Morgan fingerprint density at radius 3 is 3.05 bits per heavy atom. The maximum atomic E-state index is 10.8. The zero-order chi connectivity index (χ0) is 15.0. The van der Waals surface area contributed by atoms with E-state index >= 15 is 0 Å². The van der Waals surface area contributed by atoms with Gasteiger partial charge in [0.15, 0.2) is 17.6 Å². The number of fused-ring (bicyclic) bond motifs is 1. The molecule has 110 valence electrons. The molecule has 0 aliphatic heterocycles. The van der Waals surface area contributed by atoms with Crippen LogP contribution in [0.2, 0.25) is 0 Å². The highest BCUT2D eigenvalue weighted by molar-refractivity contribution is 5.81. The van der Waals surface area contributed by atoms with E-state index in [1.54, 1.807) is 6.33 Å². The summed E-state index contributed by atoms with van der Waals surface area (Å²) < 4.78 is 7.35. The summed E-state index contributed by atoms with van der Waals surface area (Å²) in [6, 6.07) is 0.00953. The van der Waals surface area contributed by atoms with Crippen molar-refractivity contribution in [3.63, 3.8) is 0 Å². The molecule has 3 atom stereocenters. The number of nitrogens with zero attached hydrogens (tertiary/aromatic N) is 4. The van der Waals surface area contributed by atoms with E-state index in [0.717, 1.165) is 0 Å². The second-order valence-electron chi connectivity index (χ2n) is 4.93. The number of aliphatic carboxylic acids is 1. The van der Waals surface area contributed by atoms with Crippen molar-refractivity contribution in [2.24, 2.45) is 0 Å². The molecule has 0 bridgehead atoms. The summed E-state index contributed by atoms with van der Waals surface area (Å²) in [6.45, 7) is 1.52. The van der Waals surface area contributed by atoms with E-state index in [1.165, 1.54) is 13.3 Å². The van der Waals surface area contributed by atoms with E-state index in [2.05, 4.69) is 15.0 Å². The lowest BCUT2D eigenvalue weighted by molar-refractivity contribution is -0.151. The fraction of sp³-hybridized carbons (Fsp3) is 0.385. The van der Waals surface area contributed by atoms with Gasteiger partial charge in [0.05, 0.1) is 18.5 Å². The van der Waals surface area contributed by atoms with E-state index in [0.29, 0.717) is 23.4 Å². The summed E-state index contributed by atoms with van der Waals surface area (Å²) >= 11 is 0. The minimum Gasteiger partial charge on any atom is -0.479 e. The van der Waals surface area contributed by atoms with Crippen LogP contribution in [0.25, 0.3) is 11.2 Å². The van der Waals surface area contributed by atoms with Gasteiger partial charge in [0.1, 0.15) is 11.8 Å². The van der Waals surface area contributed by atoms with Gasteiger partial charge in [-0.1, -0.05) is 12.2 Å². The van der Waals surface area contributed by atoms with Gasteiger partial charge in [-0.25, -0.2) is 19.7 Å². The Morgan fingerprint density at radius 2 is 2.29 bits per heavy atom. The summed E-state index contributed by atoms with van der Waals surface area (Å²) in [5.41, 5.74) is 6.98.